The molecule has 104 valence electrons. The summed E-state index contributed by atoms with van der Waals surface area (Å²) in [6.45, 7) is 0. The monoisotopic (exact) mass is 288 g/mol. The first-order valence-electron chi connectivity index (χ1n) is 6.86. The minimum atomic E-state index is -0.338. The maximum atomic E-state index is 10.1. The van der Waals surface area contributed by atoms with Crippen LogP contribution < -0.4 is 0 Å². The molecule has 1 saturated heterocycles. The van der Waals surface area contributed by atoms with Gasteiger partial charge in [-0.15, -0.1) is 0 Å². The van der Waals surface area contributed by atoms with Gasteiger partial charge in [0, 0.05) is 17.9 Å². The SMILES string of the molecule is O[C@H]1C[C@@H](c2ccc(Cl)cc2)O[C@@H](c2ccccc2)C1. The summed E-state index contributed by atoms with van der Waals surface area (Å²) in [4.78, 5) is 0. The number of ether oxygens (including phenoxy) is 1. The summed E-state index contributed by atoms with van der Waals surface area (Å²) in [7, 11) is 0. The summed E-state index contributed by atoms with van der Waals surface area (Å²) in [5, 5.41) is 10.8. The van der Waals surface area contributed by atoms with Gasteiger partial charge in [0.1, 0.15) is 0 Å². The average molecular weight is 289 g/mol. The first-order valence-corrected chi connectivity index (χ1v) is 7.24. The van der Waals surface area contributed by atoms with E-state index >= 15 is 0 Å². The van der Waals surface area contributed by atoms with Crippen LogP contribution in [0.3, 0.4) is 0 Å². The molecular weight excluding hydrogens is 272 g/mol. The van der Waals surface area contributed by atoms with Crippen molar-refractivity contribution >= 4 is 11.6 Å². The second-order valence-electron chi connectivity index (χ2n) is 5.20. The van der Waals surface area contributed by atoms with E-state index < -0.39 is 0 Å². The highest BCUT2D eigenvalue weighted by Crippen LogP contribution is 2.38. The Kier molecular flexibility index (Phi) is 4.06. The van der Waals surface area contributed by atoms with Gasteiger partial charge < -0.3 is 9.84 Å². The molecule has 1 heterocycles. The highest BCUT2D eigenvalue weighted by molar-refractivity contribution is 6.30. The highest BCUT2D eigenvalue weighted by Gasteiger charge is 2.30. The van der Waals surface area contributed by atoms with Crippen molar-refractivity contribution in [1.82, 2.24) is 0 Å². The molecule has 3 rings (SSSR count). The molecule has 3 atom stereocenters. The minimum absolute atomic E-state index is 0.0550. The minimum Gasteiger partial charge on any atom is -0.393 e. The number of aliphatic hydroxyl groups excluding tert-OH is 1. The second-order valence-corrected chi connectivity index (χ2v) is 5.64. The van der Waals surface area contributed by atoms with Crippen LogP contribution in [-0.4, -0.2) is 11.2 Å². The molecule has 20 heavy (non-hydrogen) atoms. The fraction of sp³-hybridized carbons (Fsp3) is 0.294. The smallest absolute Gasteiger partial charge is 0.0858 e. The van der Waals surface area contributed by atoms with E-state index in [-0.39, 0.29) is 18.3 Å². The van der Waals surface area contributed by atoms with Crippen molar-refractivity contribution in [2.75, 3.05) is 0 Å². The molecule has 2 aromatic carbocycles. The maximum Gasteiger partial charge on any atom is 0.0858 e. The van der Waals surface area contributed by atoms with Crippen LogP contribution in [0, 0.1) is 0 Å². The van der Waals surface area contributed by atoms with Crippen LogP contribution in [0.2, 0.25) is 5.02 Å². The predicted molar refractivity (Wildman–Crippen MR) is 79.7 cm³/mol. The summed E-state index contributed by atoms with van der Waals surface area (Å²) in [5.41, 5.74) is 2.18. The lowest BCUT2D eigenvalue weighted by atomic mass is 9.93. The topological polar surface area (TPSA) is 29.5 Å². The molecule has 2 aromatic rings. The van der Waals surface area contributed by atoms with Gasteiger partial charge >= 0.3 is 0 Å². The van der Waals surface area contributed by atoms with E-state index in [1.807, 2.05) is 54.6 Å². The first kappa shape index (κ1) is 13.6. The first-order chi connectivity index (χ1) is 9.72. The molecule has 0 unspecified atom stereocenters. The molecule has 0 radical (unpaired) electrons. The van der Waals surface area contributed by atoms with Crippen LogP contribution in [0.15, 0.2) is 54.6 Å². The molecule has 0 saturated carbocycles. The molecule has 0 spiro atoms. The standard InChI is InChI=1S/C17H17ClO2/c18-14-8-6-13(7-9-14)17-11-15(19)10-16(20-17)12-4-2-1-3-5-12/h1-9,15-17,19H,10-11H2/t15-,16-,17+/m1/s1. The van der Waals surface area contributed by atoms with E-state index in [1.165, 1.54) is 0 Å². The van der Waals surface area contributed by atoms with Crippen LogP contribution in [0.5, 0.6) is 0 Å². The normalized spacial score (nSPS) is 26.4. The Hall–Kier alpha value is -1.35. The fourth-order valence-corrected chi connectivity index (χ4v) is 2.80. The molecule has 1 aliphatic heterocycles. The van der Waals surface area contributed by atoms with E-state index in [4.69, 9.17) is 16.3 Å². The highest BCUT2D eigenvalue weighted by atomic mass is 35.5. The van der Waals surface area contributed by atoms with Crippen molar-refractivity contribution in [3.8, 4) is 0 Å². The van der Waals surface area contributed by atoms with Crippen LogP contribution >= 0.6 is 11.6 Å². The maximum absolute atomic E-state index is 10.1. The van der Waals surface area contributed by atoms with E-state index in [0.717, 1.165) is 11.1 Å². The Labute approximate surface area is 124 Å². The van der Waals surface area contributed by atoms with Crippen LogP contribution in [0.4, 0.5) is 0 Å². The quantitative estimate of drug-likeness (QED) is 0.893. The van der Waals surface area contributed by atoms with E-state index in [2.05, 4.69) is 0 Å². The van der Waals surface area contributed by atoms with Crippen molar-refractivity contribution in [3.63, 3.8) is 0 Å². The van der Waals surface area contributed by atoms with Gasteiger partial charge in [-0.05, 0) is 23.3 Å². The zero-order valence-electron chi connectivity index (χ0n) is 11.1. The lowest BCUT2D eigenvalue weighted by Crippen LogP contribution is -2.26. The molecule has 0 aromatic heterocycles. The number of aliphatic hydroxyl groups is 1. The number of hydrogen-bond donors (Lipinski definition) is 1. The second kappa shape index (κ2) is 5.96. The third-order valence-electron chi connectivity index (χ3n) is 3.71. The molecule has 0 amide bonds. The number of hydrogen-bond acceptors (Lipinski definition) is 2. The Morgan fingerprint density at radius 3 is 2.00 bits per heavy atom. The number of benzene rings is 2. The van der Waals surface area contributed by atoms with Gasteiger partial charge in [0.15, 0.2) is 0 Å². The third kappa shape index (κ3) is 3.04. The Balaban J connectivity index is 1.81. The largest absolute Gasteiger partial charge is 0.393 e. The van der Waals surface area contributed by atoms with Crippen molar-refractivity contribution in [1.29, 1.82) is 0 Å². The van der Waals surface area contributed by atoms with Gasteiger partial charge in [-0.1, -0.05) is 54.1 Å². The molecule has 3 heteroatoms. The van der Waals surface area contributed by atoms with E-state index in [0.29, 0.717) is 17.9 Å². The molecular formula is C17H17ClO2. The molecule has 0 bridgehead atoms. The van der Waals surface area contributed by atoms with Gasteiger partial charge in [-0.25, -0.2) is 0 Å². The zero-order chi connectivity index (χ0) is 13.9. The van der Waals surface area contributed by atoms with Crippen molar-refractivity contribution in [2.24, 2.45) is 0 Å². The van der Waals surface area contributed by atoms with Gasteiger partial charge in [0.25, 0.3) is 0 Å². The molecule has 1 fully saturated rings. The summed E-state index contributed by atoms with van der Waals surface area (Å²) in [6, 6.07) is 17.7. The van der Waals surface area contributed by atoms with Gasteiger partial charge in [0.05, 0.1) is 18.3 Å². The Bertz CT molecular complexity index is 553. The summed E-state index contributed by atoms with van der Waals surface area (Å²) in [5.74, 6) is 0. The summed E-state index contributed by atoms with van der Waals surface area (Å²) in [6.07, 6.45) is 0.801. The Morgan fingerprint density at radius 1 is 0.850 bits per heavy atom. The molecule has 1 N–H and O–H groups in total. The van der Waals surface area contributed by atoms with Crippen LogP contribution in [-0.2, 0) is 4.74 Å². The lowest BCUT2D eigenvalue weighted by Gasteiger charge is -2.33. The summed E-state index contributed by atoms with van der Waals surface area (Å²) < 4.78 is 6.17. The van der Waals surface area contributed by atoms with Crippen molar-refractivity contribution < 1.29 is 9.84 Å². The van der Waals surface area contributed by atoms with Crippen LogP contribution in [0.25, 0.3) is 0 Å². The number of rotatable bonds is 2. The summed E-state index contributed by atoms with van der Waals surface area (Å²) >= 11 is 5.91. The molecule has 0 aliphatic carbocycles. The van der Waals surface area contributed by atoms with Gasteiger partial charge in [-0.3, -0.25) is 0 Å². The Morgan fingerprint density at radius 2 is 1.40 bits per heavy atom. The average Bonchev–Trinajstić information content (AvgIpc) is 2.48. The van der Waals surface area contributed by atoms with Gasteiger partial charge in [0.2, 0.25) is 0 Å². The van der Waals surface area contributed by atoms with E-state index in [1.54, 1.807) is 0 Å². The lowest BCUT2D eigenvalue weighted by molar-refractivity contribution is -0.0998. The van der Waals surface area contributed by atoms with Crippen molar-refractivity contribution in [3.05, 3.63) is 70.7 Å². The predicted octanol–water partition coefficient (Wildman–Crippen LogP) is 4.29. The van der Waals surface area contributed by atoms with Crippen LogP contribution in [0.1, 0.15) is 36.2 Å². The zero-order valence-corrected chi connectivity index (χ0v) is 11.8. The van der Waals surface area contributed by atoms with Gasteiger partial charge in [-0.2, -0.15) is 0 Å². The molecule has 2 nitrogen and oxygen atoms in total. The third-order valence-corrected chi connectivity index (χ3v) is 3.97. The number of halogens is 1. The molecule has 1 aliphatic rings. The van der Waals surface area contributed by atoms with E-state index in [9.17, 15) is 5.11 Å². The fourth-order valence-electron chi connectivity index (χ4n) is 2.67. The van der Waals surface area contributed by atoms with Crippen molar-refractivity contribution in [2.45, 2.75) is 31.2 Å².